The number of carbonyl (C=O) groups excluding carboxylic acids is 1. The minimum Gasteiger partial charge on any atom is -0.497 e. The largest absolute Gasteiger partial charge is 0.497 e. The molecule has 1 saturated heterocycles. The Balaban J connectivity index is 1.67. The standard InChI is InChI=1S/C22H28N2O2/c1-26-20-12-8-11-19(16-20)21(24-13-6-3-7-14-24)17-23-22(25)15-18-9-4-2-5-10-18/h2,4-5,8-12,16,21H,3,6-7,13-15,17H2,1H3,(H,23,25). The molecule has 0 aliphatic carbocycles. The third kappa shape index (κ3) is 5.09. The molecule has 0 aromatic heterocycles. The number of carbonyl (C=O) groups is 1. The summed E-state index contributed by atoms with van der Waals surface area (Å²) >= 11 is 0. The second-order valence-electron chi connectivity index (χ2n) is 6.86. The number of hydrogen-bond donors (Lipinski definition) is 1. The van der Waals surface area contributed by atoms with Crippen LogP contribution in [0.5, 0.6) is 5.75 Å². The predicted octanol–water partition coefficient (Wildman–Crippen LogP) is 3.58. The highest BCUT2D eigenvalue weighted by molar-refractivity contribution is 5.78. The van der Waals surface area contributed by atoms with E-state index in [2.05, 4.69) is 22.3 Å². The summed E-state index contributed by atoms with van der Waals surface area (Å²) in [7, 11) is 1.69. The van der Waals surface area contributed by atoms with Gasteiger partial charge in [0.1, 0.15) is 5.75 Å². The zero-order chi connectivity index (χ0) is 18.2. The molecule has 3 rings (SSSR count). The van der Waals surface area contributed by atoms with Gasteiger partial charge in [-0.1, -0.05) is 48.9 Å². The van der Waals surface area contributed by atoms with Crippen LogP contribution >= 0.6 is 0 Å². The fourth-order valence-electron chi connectivity index (χ4n) is 3.59. The Hall–Kier alpha value is -2.33. The summed E-state index contributed by atoms with van der Waals surface area (Å²) in [6.07, 6.45) is 4.16. The molecule has 4 nitrogen and oxygen atoms in total. The Bertz CT molecular complexity index is 696. The van der Waals surface area contributed by atoms with Gasteiger partial charge in [-0.25, -0.2) is 0 Å². The van der Waals surface area contributed by atoms with Crippen molar-refractivity contribution in [2.45, 2.75) is 31.7 Å². The van der Waals surface area contributed by atoms with Gasteiger partial charge in [0.2, 0.25) is 5.91 Å². The molecule has 2 aromatic carbocycles. The van der Waals surface area contributed by atoms with Crippen LogP contribution in [-0.4, -0.2) is 37.6 Å². The molecule has 0 bridgehead atoms. The number of amides is 1. The van der Waals surface area contributed by atoms with Gasteiger partial charge in [-0.05, 0) is 49.2 Å². The first-order valence-corrected chi connectivity index (χ1v) is 9.45. The molecular formula is C22H28N2O2. The lowest BCUT2D eigenvalue weighted by Gasteiger charge is -2.35. The normalized spacial score (nSPS) is 16.0. The lowest BCUT2D eigenvalue weighted by molar-refractivity contribution is -0.120. The van der Waals surface area contributed by atoms with Crippen molar-refractivity contribution in [2.24, 2.45) is 0 Å². The van der Waals surface area contributed by atoms with E-state index < -0.39 is 0 Å². The van der Waals surface area contributed by atoms with Crippen molar-refractivity contribution in [3.05, 3.63) is 65.7 Å². The highest BCUT2D eigenvalue weighted by Crippen LogP contribution is 2.26. The van der Waals surface area contributed by atoms with Gasteiger partial charge in [-0.2, -0.15) is 0 Å². The molecule has 1 heterocycles. The number of methoxy groups -OCH3 is 1. The maximum absolute atomic E-state index is 12.4. The Morgan fingerprint density at radius 1 is 1.08 bits per heavy atom. The molecule has 4 heteroatoms. The Morgan fingerprint density at radius 2 is 1.85 bits per heavy atom. The summed E-state index contributed by atoms with van der Waals surface area (Å²) in [6.45, 7) is 2.78. The summed E-state index contributed by atoms with van der Waals surface area (Å²) in [4.78, 5) is 14.9. The second-order valence-corrected chi connectivity index (χ2v) is 6.86. The van der Waals surface area contributed by atoms with Crippen molar-refractivity contribution >= 4 is 5.91 Å². The van der Waals surface area contributed by atoms with Gasteiger partial charge in [0.25, 0.3) is 0 Å². The molecule has 1 fully saturated rings. The smallest absolute Gasteiger partial charge is 0.224 e. The van der Waals surface area contributed by atoms with E-state index in [-0.39, 0.29) is 11.9 Å². The lowest BCUT2D eigenvalue weighted by atomic mass is 10.0. The average molecular weight is 352 g/mol. The maximum Gasteiger partial charge on any atom is 0.224 e. The number of piperidine rings is 1. The van der Waals surface area contributed by atoms with Crippen LogP contribution in [0.15, 0.2) is 54.6 Å². The van der Waals surface area contributed by atoms with Gasteiger partial charge >= 0.3 is 0 Å². The van der Waals surface area contributed by atoms with E-state index in [1.807, 2.05) is 42.5 Å². The van der Waals surface area contributed by atoms with Gasteiger partial charge in [-0.3, -0.25) is 9.69 Å². The summed E-state index contributed by atoms with van der Waals surface area (Å²) in [5.74, 6) is 0.932. The average Bonchev–Trinajstić information content (AvgIpc) is 2.70. The van der Waals surface area contributed by atoms with E-state index in [1.165, 1.54) is 24.8 Å². The van der Waals surface area contributed by atoms with Crippen molar-refractivity contribution in [3.63, 3.8) is 0 Å². The van der Waals surface area contributed by atoms with Gasteiger partial charge in [0, 0.05) is 6.54 Å². The fourth-order valence-corrected chi connectivity index (χ4v) is 3.59. The Labute approximate surface area is 156 Å². The van der Waals surface area contributed by atoms with Crippen LogP contribution in [0.25, 0.3) is 0 Å². The van der Waals surface area contributed by atoms with Gasteiger partial charge in [0.05, 0.1) is 19.6 Å². The van der Waals surface area contributed by atoms with Crippen molar-refractivity contribution in [1.29, 1.82) is 0 Å². The van der Waals surface area contributed by atoms with E-state index in [0.29, 0.717) is 13.0 Å². The van der Waals surface area contributed by atoms with Crippen molar-refractivity contribution in [1.82, 2.24) is 10.2 Å². The number of nitrogens with one attached hydrogen (secondary N) is 1. The predicted molar refractivity (Wildman–Crippen MR) is 104 cm³/mol. The first-order chi connectivity index (χ1) is 12.8. The molecule has 1 amide bonds. The highest BCUT2D eigenvalue weighted by atomic mass is 16.5. The van der Waals surface area contributed by atoms with E-state index in [4.69, 9.17) is 4.74 Å². The molecule has 1 N–H and O–H groups in total. The lowest BCUT2D eigenvalue weighted by Crippen LogP contribution is -2.41. The van der Waals surface area contributed by atoms with E-state index >= 15 is 0 Å². The van der Waals surface area contributed by atoms with Gasteiger partial charge in [-0.15, -0.1) is 0 Å². The molecule has 2 aromatic rings. The summed E-state index contributed by atoms with van der Waals surface area (Å²) in [5.41, 5.74) is 2.24. The summed E-state index contributed by atoms with van der Waals surface area (Å²) in [6, 6.07) is 18.3. The monoisotopic (exact) mass is 352 g/mol. The molecule has 0 radical (unpaired) electrons. The number of nitrogens with zero attached hydrogens (tertiary/aromatic N) is 1. The summed E-state index contributed by atoms with van der Waals surface area (Å²) in [5, 5.41) is 3.14. The van der Waals surface area contributed by atoms with Crippen molar-refractivity contribution in [3.8, 4) is 5.75 Å². The minimum atomic E-state index is 0.0705. The molecule has 0 saturated carbocycles. The second kappa shape index (κ2) is 9.39. The quantitative estimate of drug-likeness (QED) is 0.828. The molecule has 1 atom stereocenters. The SMILES string of the molecule is COc1cccc(C(CNC(=O)Cc2ccccc2)N2CCCCC2)c1. The third-order valence-corrected chi connectivity index (χ3v) is 5.01. The Kier molecular flexibility index (Phi) is 6.67. The molecular weight excluding hydrogens is 324 g/mol. The Morgan fingerprint density at radius 3 is 2.58 bits per heavy atom. The van der Waals surface area contributed by atoms with E-state index in [1.54, 1.807) is 7.11 Å². The molecule has 138 valence electrons. The number of hydrogen-bond acceptors (Lipinski definition) is 3. The van der Waals surface area contributed by atoms with Gasteiger partial charge in [0.15, 0.2) is 0 Å². The van der Waals surface area contributed by atoms with Crippen LogP contribution in [0, 0.1) is 0 Å². The zero-order valence-corrected chi connectivity index (χ0v) is 15.5. The third-order valence-electron chi connectivity index (χ3n) is 5.01. The van der Waals surface area contributed by atoms with E-state index in [0.717, 1.165) is 24.4 Å². The molecule has 0 spiro atoms. The topological polar surface area (TPSA) is 41.6 Å². The van der Waals surface area contributed by atoms with Crippen LogP contribution in [0.2, 0.25) is 0 Å². The number of rotatable bonds is 7. The van der Waals surface area contributed by atoms with Crippen molar-refractivity contribution < 1.29 is 9.53 Å². The first-order valence-electron chi connectivity index (χ1n) is 9.45. The van der Waals surface area contributed by atoms with E-state index in [9.17, 15) is 4.79 Å². The van der Waals surface area contributed by atoms with Crippen LogP contribution in [0.1, 0.15) is 36.4 Å². The molecule has 1 unspecified atom stereocenters. The molecule has 1 aliphatic rings. The fraction of sp³-hybridized carbons (Fsp3) is 0.409. The van der Waals surface area contributed by atoms with Crippen LogP contribution in [0.4, 0.5) is 0 Å². The number of ether oxygens (including phenoxy) is 1. The summed E-state index contributed by atoms with van der Waals surface area (Å²) < 4.78 is 5.39. The number of benzene rings is 2. The zero-order valence-electron chi connectivity index (χ0n) is 15.5. The van der Waals surface area contributed by atoms with Crippen molar-refractivity contribution in [2.75, 3.05) is 26.7 Å². The van der Waals surface area contributed by atoms with Crippen LogP contribution in [-0.2, 0) is 11.2 Å². The van der Waals surface area contributed by atoms with Crippen LogP contribution < -0.4 is 10.1 Å². The number of likely N-dealkylation sites (tertiary alicyclic amines) is 1. The highest BCUT2D eigenvalue weighted by Gasteiger charge is 2.23. The van der Waals surface area contributed by atoms with Gasteiger partial charge < -0.3 is 10.1 Å². The first kappa shape index (κ1) is 18.5. The van der Waals surface area contributed by atoms with Crippen LogP contribution in [0.3, 0.4) is 0 Å². The molecule has 26 heavy (non-hydrogen) atoms. The minimum absolute atomic E-state index is 0.0705. The molecule has 1 aliphatic heterocycles. The maximum atomic E-state index is 12.4.